The molecule has 2 rings (SSSR count). The van der Waals surface area contributed by atoms with Gasteiger partial charge in [-0.15, -0.1) is 0 Å². The number of para-hydroxylation sites is 1. The highest BCUT2D eigenvalue weighted by atomic mass is 16.5. The monoisotopic (exact) mass is 370 g/mol. The standard InChI is InChI=1S/C21H26N2O4/c1-3-5-11-19(20(24)26-4-2)23-21(25)22-16-12-14-18(15-13-16)27-17-9-7-6-8-10-17/h6-10,12-15,19H,3-5,11H2,1-2H3,(H2,22,23,25). The van der Waals surface area contributed by atoms with E-state index >= 15 is 0 Å². The molecule has 0 bridgehead atoms. The Morgan fingerprint density at radius 3 is 2.26 bits per heavy atom. The molecular formula is C21H26N2O4. The number of rotatable bonds is 9. The lowest BCUT2D eigenvalue weighted by Crippen LogP contribution is -2.43. The molecule has 0 heterocycles. The second-order valence-corrected chi connectivity index (χ2v) is 5.98. The van der Waals surface area contributed by atoms with E-state index in [1.165, 1.54) is 0 Å². The molecule has 0 fully saturated rings. The predicted molar refractivity (Wildman–Crippen MR) is 105 cm³/mol. The molecule has 2 N–H and O–H groups in total. The van der Waals surface area contributed by atoms with Crippen LogP contribution < -0.4 is 15.4 Å². The van der Waals surface area contributed by atoms with E-state index in [2.05, 4.69) is 10.6 Å². The van der Waals surface area contributed by atoms with Crippen molar-refractivity contribution in [1.29, 1.82) is 0 Å². The molecule has 0 aliphatic carbocycles. The molecule has 0 saturated heterocycles. The van der Waals surface area contributed by atoms with Crippen LogP contribution in [0.15, 0.2) is 54.6 Å². The van der Waals surface area contributed by atoms with Crippen LogP contribution >= 0.6 is 0 Å². The van der Waals surface area contributed by atoms with Crippen molar-refractivity contribution < 1.29 is 19.1 Å². The maximum Gasteiger partial charge on any atom is 0.328 e. The maximum absolute atomic E-state index is 12.2. The predicted octanol–water partition coefficient (Wildman–Crippen LogP) is 4.72. The summed E-state index contributed by atoms with van der Waals surface area (Å²) in [5.41, 5.74) is 0.603. The summed E-state index contributed by atoms with van der Waals surface area (Å²) >= 11 is 0. The molecule has 2 aromatic rings. The molecule has 6 heteroatoms. The number of carbonyl (C=O) groups is 2. The summed E-state index contributed by atoms with van der Waals surface area (Å²) in [4.78, 5) is 24.2. The molecule has 2 amide bonds. The minimum absolute atomic E-state index is 0.285. The first-order valence-electron chi connectivity index (χ1n) is 9.19. The molecule has 0 spiro atoms. The van der Waals surface area contributed by atoms with Crippen molar-refractivity contribution in [1.82, 2.24) is 5.32 Å². The van der Waals surface area contributed by atoms with Gasteiger partial charge in [-0.1, -0.05) is 38.0 Å². The van der Waals surface area contributed by atoms with Crippen molar-refractivity contribution in [3.8, 4) is 11.5 Å². The highest BCUT2D eigenvalue weighted by Crippen LogP contribution is 2.22. The number of anilines is 1. The third kappa shape index (κ3) is 7.01. The van der Waals surface area contributed by atoms with Crippen molar-refractivity contribution in [2.45, 2.75) is 39.2 Å². The van der Waals surface area contributed by atoms with Gasteiger partial charge in [-0.25, -0.2) is 9.59 Å². The average molecular weight is 370 g/mol. The highest BCUT2D eigenvalue weighted by Gasteiger charge is 2.21. The zero-order chi connectivity index (χ0) is 19.5. The smallest absolute Gasteiger partial charge is 0.328 e. The van der Waals surface area contributed by atoms with Crippen LogP contribution in [0.25, 0.3) is 0 Å². The third-order valence-electron chi connectivity index (χ3n) is 3.81. The first kappa shape index (κ1) is 20.3. The van der Waals surface area contributed by atoms with Crippen LogP contribution in [0, 0.1) is 0 Å². The average Bonchev–Trinajstić information content (AvgIpc) is 2.67. The Hall–Kier alpha value is -3.02. The summed E-state index contributed by atoms with van der Waals surface area (Å²) in [6.07, 6.45) is 2.31. The Kier molecular flexibility index (Phi) is 8.16. The molecule has 0 aliphatic rings. The lowest BCUT2D eigenvalue weighted by Gasteiger charge is -2.17. The van der Waals surface area contributed by atoms with E-state index in [0.717, 1.165) is 18.6 Å². The van der Waals surface area contributed by atoms with E-state index in [-0.39, 0.29) is 6.61 Å². The van der Waals surface area contributed by atoms with Gasteiger partial charge < -0.3 is 20.1 Å². The third-order valence-corrected chi connectivity index (χ3v) is 3.81. The van der Waals surface area contributed by atoms with Crippen molar-refractivity contribution in [2.75, 3.05) is 11.9 Å². The number of ether oxygens (including phenoxy) is 2. The Labute approximate surface area is 159 Å². The summed E-state index contributed by atoms with van der Waals surface area (Å²) in [6, 6.07) is 15.4. The second kappa shape index (κ2) is 10.9. The molecule has 1 unspecified atom stereocenters. The van der Waals surface area contributed by atoms with Crippen LogP contribution in [0.5, 0.6) is 11.5 Å². The van der Waals surface area contributed by atoms with Crippen molar-refractivity contribution >= 4 is 17.7 Å². The van der Waals surface area contributed by atoms with Crippen molar-refractivity contribution in [3.05, 3.63) is 54.6 Å². The molecule has 0 radical (unpaired) electrons. The number of amides is 2. The number of esters is 1. The second-order valence-electron chi connectivity index (χ2n) is 5.98. The van der Waals surface area contributed by atoms with Crippen LogP contribution in [0.3, 0.4) is 0 Å². The van der Waals surface area contributed by atoms with Crippen LogP contribution in [0.4, 0.5) is 10.5 Å². The van der Waals surface area contributed by atoms with E-state index in [1.807, 2.05) is 37.3 Å². The molecule has 1 atom stereocenters. The SMILES string of the molecule is CCCCC(NC(=O)Nc1ccc(Oc2ccccc2)cc1)C(=O)OCC. The summed E-state index contributed by atoms with van der Waals surface area (Å²) in [6.45, 7) is 4.06. The normalized spacial score (nSPS) is 11.3. The lowest BCUT2D eigenvalue weighted by molar-refractivity contribution is -0.145. The first-order chi connectivity index (χ1) is 13.1. The maximum atomic E-state index is 12.2. The van der Waals surface area contributed by atoms with Gasteiger partial charge in [-0.05, 0) is 49.7 Å². The summed E-state index contributed by atoms with van der Waals surface area (Å²) in [5.74, 6) is 0.997. The number of hydrogen-bond donors (Lipinski definition) is 2. The fourth-order valence-electron chi connectivity index (χ4n) is 2.46. The van der Waals surface area contributed by atoms with Crippen LogP contribution in [-0.4, -0.2) is 24.6 Å². The van der Waals surface area contributed by atoms with Crippen LogP contribution in [0.1, 0.15) is 33.1 Å². The number of carbonyl (C=O) groups excluding carboxylic acids is 2. The van der Waals surface area contributed by atoms with E-state index in [0.29, 0.717) is 17.9 Å². The molecule has 27 heavy (non-hydrogen) atoms. The quantitative estimate of drug-likeness (QED) is 0.626. The zero-order valence-electron chi connectivity index (χ0n) is 15.7. The Morgan fingerprint density at radius 2 is 1.63 bits per heavy atom. The van der Waals surface area contributed by atoms with E-state index in [4.69, 9.17) is 9.47 Å². The van der Waals surface area contributed by atoms with Gasteiger partial charge in [-0.3, -0.25) is 0 Å². The molecule has 6 nitrogen and oxygen atoms in total. The topological polar surface area (TPSA) is 76.7 Å². The molecular weight excluding hydrogens is 344 g/mol. The fourth-order valence-corrected chi connectivity index (χ4v) is 2.46. The van der Waals surface area contributed by atoms with Crippen molar-refractivity contribution in [2.24, 2.45) is 0 Å². The van der Waals surface area contributed by atoms with Gasteiger partial charge in [-0.2, -0.15) is 0 Å². The number of benzene rings is 2. The molecule has 0 aromatic heterocycles. The minimum Gasteiger partial charge on any atom is -0.464 e. The zero-order valence-corrected chi connectivity index (χ0v) is 15.7. The number of unbranched alkanes of at least 4 members (excludes halogenated alkanes) is 1. The van der Waals surface area contributed by atoms with Crippen molar-refractivity contribution in [3.63, 3.8) is 0 Å². The minimum atomic E-state index is -0.648. The molecule has 0 saturated carbocycles. The van der Waals surface area contributed by atoms with E-state index in [9.17, 15) is 9.59 Å². The van der Waals surface area contributed by atoms with Gasteiger partial charge in [0.1, 0.15) is 17.5 Å². The van der Waals surface area contributed by atoms with Gasteiger partial charge in [0.15, 0.2) is 0 Å². The lowest BCUT2D eigenvalue weighted by atomic mass is 10.1. The van der Waals surface area contributed by atoms with Gasteiger partial charge in [0, 0.05) is 5.69 Å². The molecule has 2 aromatic carbocycles. The van der Waals surface area contributed by atoms with E-state index in [1.54, 1.807) is 31.2 Å². The van der Waals surface area contributed by atoms with Crippen LogP contribution in [-0.2, 0) is 9.53 Å². The van der Waals surface area contributed by atoms with Gasteiger partial charge in [0.25, 0.3) is 0 Å². The van der Waals surface area contributed by atoms with Gasteiger partial charge >= 0.3 is 12.0 Å². The Bertz CT molecular complexity index is 717. The highest BCUT2D eigenvalue weighted by molar-refractivity contribution is 5.92. The molecule has 0 aliphatic heterocycles. The largest absolute Gasteiger partial charge is 0.464 e. The van der Waals surface area contributed by atoms with Gasteiger partial charge in [0.2, 0.25) is 0 Å². The Balaban J connectivity index is 1.90. The Morgan fingerprint density at radius 1 is 0.963 bits per heavy atom. The summed E-state index contributed by atoms with van der Waals surface area (Å²) < 4.78 is 10.7. The van der Waals surface area contributed by atoms with Gasteiger partial charge in [0.05, 0.1) is 6.61 Å². The summed E-state index contributed by atoms with van der Waals surface area (Å²) in [5, 5.41) is 5.41. The number of nitrogens with one attached hydrogen (secondary N) is 2. The number of hydrogen-bond acceptors (Lipinski definition) is 4. The fraction of sp³-hybridized carbons (Fsp3) is 0.333. The molecule has 144 valence electrons. The van der Waals surface area contributed by atoms with Crippen LogP contribution in [0.2, 0.25) is 0 Å². The first-order valence-corrected chi connectivity index (χ1v) is 9.19. The number of urea groups is 1. The summed E-state index contributed by atoms with van der Waals surface area (Å²) in [7, 11) is 0. The van der Waals surface area contributed by atoms with E-state index < -0.39 is 18.0 Å².